The SMILES string of the molecule is Cc1ccccc1-c1cc(C(=O)NCCCN2CCCC2)c2c(C3CC3)[nH]nc2n1. The van der Waals surface area contributed by atoms with Gasteiger partial charge in [0.2, 0.25) is 0 Å². The zero-order valence-corrected chi connectivity index (χ0v) is 17.6. The van der Waals surface area contributed by atoms with Crippen LogP contribution in [0.2, 0.25) is 0 Å². The smallest absolute Gasteiger partial charge is 0.252 e. The highest BCUT2D eigenvalue weighted by atomic mass is 16.1. The summed E-state index contributed by atoms with van der Waals surface area (Å²) in [5.41, 5.74) is 5.38. The number of likely N-dealkylation sites (tertiary alicyclic amines) is 1. The lowest BCUT2D eigenvalue weighted by molar-refractivity contribution is 0.0953. The number of nitrogens with zero attached hydrogens (tertiary/aromatic N) is 3. The molecule has 3 aromatic rings. The van der Waals surface area contributed by atoms with Gasteiger partial charge < -0.3 is 10.2 Å². The van der Waals surface area contributed by atoms with Crippen molar-refractivity contribution in [2.45, 2.75) is 44.9 Å². The third-order valence-corrected chi connectivity index (χ3v) is 6.34. The monoisotopic (exact) mass is 403 g/mol. The van der Waals surface area contributed by atoms with E-state index in [0.29, 0.717) is 23.7 Å². The van der Waals surface area contributed by atoms with Crippen LogP contribution in [0.25, 0.3) is 22.3 Å². The Morgan fingerprint density at radius 1 is 1.23 bits per heavy atom. The van der Waals surface area contributed by atoms with Gasteiger partial charge in [-0.2, -0.15) is 5.10 Å². The Morgan fingerprint density at radius 3 is 2.80 bits per heavy atom. The number of rotatable bonds is 7. The molecule has 2 fully saturated rings. The van der Waals surface area contributed by atoms with E-state index >= 15 is 0 Å². The Bertz CT molecular complexity index is 1060. The summed E-state index contributed by atoms with van der Waals surface area (Å²) in [5.74, 6) is 0.449. The molecule has 6 heteroatoms. The number of fused-ring (bicyclic) bond motifs is 1. The number of carbonyl (C=O) groups is 1. The van der Waals surface area contributed by atoms with Crippen molar-refractivity contribution >= 4 is 16.9 Å². The summed E-state index contributed by atoms with van der Waals surface area (Å²) in [5, 5.41) is 11.7. The van der Waals surface area contributed by atoms with Crippen molar-refractivity contribution in [2.75, 3.05) is 26.2 Å². The Kier molecular flexibility index (Phi) is 5.25. The molecule has 0 radical (unpaired) electrons. The van der Waals surface area contributed by atoms with Crippen molar-refractivity contribution < 1.29 is 4.79 Å². The molecule has 2 N–H and O–H groups in total. The average molecular weight is 404 g/mol. The Morgan fingerprint density at radius 2 is 2.03 bits per heavy atom. The molecule has 0 bridgehead atoms. The summed E-state index contributed by atoms with van der Waals surface area (Å²) in [7, 11) is 0. The largest absolute Gasteiger partial charge is 0.352 e. The van der Waals surface area contributed by atoms with Gasteiger partial charge in [0.25, 0.3) is 5.91 Å². The summed E-state index contributed by atoms with van der Waals surface area (Å²) in [6.45, 7) is 6.20. The molecular formula is C24H29N5O. The lowest BCUT2D eigenvalue weighted by Gasteiger charge is -2.15. The average Bonchev–Trinajstić information content (AvgIpc) is 3.29. The predicted octanol–water partition coefficient (Wildman–Crippen LogP) is 4.03. The number of aryl methyl sites for hydroxylation is 1. The highest BCUT2D eigenvalue weighted by Crippen LogP contribution is 2.43. The summed E-state index contributed by atoms with van der Waals surface area (Å²) in [4.78, 5) is 20.5. The minimum atomic E-state index is -0.0260. The van der Waals surface area contributed by atoms with E-state index in [1.54, 1.807) is 0 Å². The summed E-state index contributed by atoms with van der Waals surface area (Å²) in [6.07, 6.45) is 5.87. The first-order valence-corrected chi connectivity index (χ1v) is 11.2. The molecule has 30 heavy (non-hydrogen) atoms. The molecule has 1 aliphatic heterocycles. The first-order valence-electron chi connectivity index (χ1n) is 11.2. The van der Waals surface area contributed by atoms with E-state index in [9.17, 15) is 4.79 Å². The van der Waals surface area contributed by atoms with Crippen LogP contribution >= 0.6 is 0 Å². The number of carbonyl (C=O) groups excluding carboxylic acids is 1. The van der Waals surface area contributed by atoms with Crippen molar-refractivity contribution in [1.82, 2.24) is 25.4 Å². The van der Waals surface area contributed by atoms with Crippen molar-refractivity contribution in [3.63, 3.8) is 0 Å². The van der Waals surface area contributed by atoms with Crippen LogP contribution in [0, 0.1) is 6.92 Å². The van der Waals surface area contributed by atoms with E-state index in [-0.39, 0.29) is 5.91 Å². The van der Waals surface area contributed by atoms with Crippen LogP contribution in [0.4, 0.5) is 0 Å². The molecule has 156 valence electrons. The van der Waals surface area contributed by atoms with Crippen LogP contribution in [-0.4, -0.2) is 52.2 Å². The molecule has 2 aliphatic rings. The maximum atomic E-state index is 13.2. The van der Waals surface area contributed by atoms with Crippen molar-refractivity contribution in [2.24, 2.45) is 0 Å². The van der Waals surface area contributed by atoms with Crippen LogP contribution in [0.3, 0.4) is 0 Å². The lowest BCUT2D eigenvalue weighted by atomic mass is 10.0. The van der Waals surface area contributed by atoms with Gasteiger partial charge in [-0.3, -0.25) is 9.89 Å². The van der Waals surface area contributed by atoms with Crippen LogP contribution in [0.1, 0.15) is 59.6 Å². The molecular weight excluding hydrogens is 374 g/mol. The standard InChI is InChI=1S/C24H29N5O/c1-16-7-2-3-8-18(16)20-15-19(21-22(17-9-10-17)27-28-23(21)26-20)24(30)25-11-6-14-29-12-4-5-13-29/h2-3,7-8,15,17H,4-6,9-14H2,1H3,(H,25,30)(H,26,27,28). The molecule has 5 rings (SSSR count). The number of aromatic nitrogens is 3. The topological polar surface area (TPSA) is 73.9 Å². The highest BCUT2D eigenvalue weighted by Gasteiger charge is 2.30. The molecule has 0 unspecified atom stereocenters. The second kappa shape index (κ2) is 8.19. The Balaban J connectivity index is 1.43. The molecule has 0 atom stereocenters. The van der Waals surface area contributed by atoms with Gasteiger partial charge in [-0.1, -0.05) is 24.3 Å². The quantitative estimate of drug-likeness (QED) is 0.584. The zero-order chi connectivity index (χ0) is 20.5. The molecule has 1 aromatic carbocycles. The maximum absolute atomic E-state index is 13.2. The van der Waals surface area contributed by atoms with Crippen LogP contribution < -0.4 is 5.32 Å². The number of hydrogen-bond donors (Lipinski definition) is 2. The first-order chi connectivity index (χ1) is 14.7. The molecule has 0 spiro atoms. The van der Waals surface area contributed by atoms with Crippen LogP contribution in [0.5, 0.6) is 0 Å². The molecule has 2 aromatic heterocycles. The Hall–Kier alpha value is -2.73. The normalized spacial score (nSPS) is 17.0. The van der Waals surface area contributed by atoms with Gasteiger partial charge in [0.05, 0.1) is 16.6 Å². The second-order valence-corrected chi connectivity index (χ2v) is 8.64. The van der Waals surface area contributed by atoms with Gasteiger partial charge in [-0.25, -0.2) is 4.98 Å². The van der Waals surface area contributed by atoms with Gasteiger partial charge in [0.1, 0.15) is 0 Å². The number of pyridine rings is 1. The molecule has 1 saturated heterocycles. The lowest BCUT2D eigenvalue weighted by Crippen LogP contribution is -2.29. The van der Waals surface area contributed by atoms with Crippen LogP contribution in [0.15, 0.2) is 30.3 Å². The number of benzene rings is 1. The fourth-order valence-corrected chi connectivity index (χ4v) is 4.50. The van der Waals surface area contributed by atoms with Gasteiger partial charge in [-0.05, 0) is 70.3 Å². The fourth-order valence-electron chi connectivity index (χ4n) is 4.50. The molecule has 1 saturated carbocycles. The van der Waals surface area contributed by atoms with Crippen molar-refractivity contribution in [3.8, 4) is 11.3 Å². The van der Waals surface area contributed by atoms with Gasteiger partial charge in [0, 0.05) is 23.7 Å². The van der Waals surface area contributed by atoms with E-state index in [1.807, 2.05) is 18.2 Å². The van der Waals surface area contributed by atoms with E-state index in [4.69, 9.17) is 4.98 Å². The predicted molar refractivity (Wildman–Crippen MR) is 119 cm³/mol. The molecule has 1 aliphatic carbocycles. The summed E-state index contributed by atoms with van der Waals surface area (Å²) >= 11 is 0. The number of H-pyrrole nitrogens is 1. The van der Waals surface area contributed by atoms with E-state index in [0.717, 1.165) is 53.7 Å². The van der Waals surface area contributed by atoms with E-state index in [2.05, 4.69) is 39.5 Å². The minimum absolute atomic E-state index is 0.0260. The van der Waals surface area contributed by atoms with Gasteiger partial charge >= 0.3 is 0 Å². The number of amides is 1. The number of aromatic amines is 1. The zero-order valence-electron chi connectivity index (χ0n) is 17.6. The highest BCUT2D eigenvalue weighted by molar-refractivity contribution is 6.07. The van der Waals surface area contributed by atoms with E-state index < -0.39 is 0 Å². The molecule has 6 nitrogen and oxygen atoms in total. The maximum Gasteiger partial charge on any atom is 0.252 e. The molecule has 3 heterocycles. The first kappa shape index (κ1) is 19.2. The fraction of sp³-hybridized carbons (Fsp3) is 0.458. The molecule has 1 amide bonds. The van der Waals surface area contributed by atoms with Gasteiger partial charge in [-0.15, -0.1) is 0 Å². The number of nitrogens with one attached hydrogen (secondary N) is 2. The van der Waals surface area contributed by atoms with Gasteiger partial charge in [0.15, 0.2) is 5.65 Å². The second-order valence-electron chi connectivity index (χ2n) is 8.64. The minimum Gasteiger partial charge on any atom is -0.352 e. The third kappa shape index (κ3) is 3.84. The van der Waals surface area contributed by atoms with Crippen LogP contribution in [-0.2, 0) is 0 Å². The summed E-state index contributed by atoms with van der Waals surface area (Å²) < 4.78 is 0. The Labute approximate surface area is 177 Å². The van der Waals surface area contributed by atoms with Crippen molar-refractivity contribution in [1.29, 1.82) is 0 Å². The number of hydrogen-bond acceptors (Lipinski definition) is 4. The van der Waals surface area contributed by atoms with E-state index in [1.165, 1.54) is 25.9 Å². The summed E-state index contributed by atoms with van der Waals surface area (Å²) in [6, 6.07) is 10.1. The third-order valence-electron chi connectivity index (χ3n) is 6.34. The van der Waals surface area contributed by atoms with Crippen molar-refractivity contribution in [3.05, 3.63) is 47.2 Å².